The Morgan fingerprint density at radius 3 is 2.45 bits per heavy atom. The second kappa shape index (κ2) is 8.69. The molecule has 0 aliphatic carbocycles. The number of rotatable bonds is 5. The summed E-state index contributed by atoms with van der Waals surface area (Å²) in [4.78, 5) is 8.24. The van der Waals surface area contributed by atoms with E-state index in [1.165, 1.54) is 12.1 Å². The van der Waals surface area contributed by atoms with Gasteiger partial charge in [-0.25, -0.2) is 32.3 Å². The van der Waals surface area contributed by atoms with Gasteiger partial charge in [-0.3, -0.25) is 0 Å². The van der Waals surface area contributed by atoms with E-state index in [4.69, 9.17) is 5.14 Å². The number of aromatic nitrogens is 2. The van der Waals surface area contributed by atoms with E-state index in [0.29, 0.717) is 0 Å². The van der Waals surface area contributed by atoms with Crippen molar-refractivity contribution in [1.29, 1.82) is 5.26 Å². The van der Waals surface area contributed by atoms with Crippen molar-refractivity contribution in [2.75, 3.05) is 23.3 Å². The third-order valence-corrected chi connectivity index (χ3v) is 5.64. The number of halogens is 5. The molecule has 1 fully saturated rings. The minimum absolute atomic E-state index is 0.0175. The van der Waals surface area contributed by atoms with E-state index < -0.39 is 63.3 Å². The molecule has 1 atom stereocenters. The van der Waals surface area contributed by atoms with Crippen molar-refractivity contribution in [3.05, 3.63) is 41.2 Å². The molecule has 15 heteroatoms. The number of nitriles is 1. The number of alkyl halides is 5. The second-order valence-electron chi connectivity index (χ2n) is 7.22. The highest BCUT2D eigenvalue weighted by atomic mass is 32.2. The van der Waals surface area contributed by atoms with Crippen LogP contribution in [0.1, 0.15) is 35.9 Å². The Morgan fingerprint density at radius 1 is 1.27 bits per heavy atom. The molecular formula is C18H17F5N6O3S. The fourth-order valence-electron chi connectivity index (χ4n) is 3.21. The summed E-state index contributed by atoms with van der Waals surface area (Å²) in [7, 11) is -4.19. The van der Waals surface area contributed by atoms with E-state index in [2.05, 4.69) is 15.3 Å². The molecule has 9 nitrogen and oxygen atoms in total. The lowest BCUT2D eigenvalue weighted by molar-refractivity contribution is -0.141. The highest BCUT2D eigenvalue weighted by Gasteiger charge is 2.40. The van der Waals surface area contributed by atoms with Crippen molar-refractivity contribution < 1.29 is 35.5 Å². The summed E-state index contributed by atoms with van der Waals surface area (Å²) in [6, 6.07) is 4.36. The van der Waals surface area contributed by atoms with Gasteiger partial charge in [-0.2, -0.15) is 18.4 Å². The van der Waals surface area contributed by atoms with Gasteiger partial charge in [0, 0.05) is 49.4 Å². The van der Waals surface area contributed by atoms with E-state index in [-0.39, 0.29) is 24.3 Å². The first-order valence-corrected chi connectivity index (χ1v) is 10.8. The Morgan fingerprint density at radius 2 is 1.91 bits per heavy atom. The van der Waals surface area contributed by atoms with Gasteiger partial charge in [0.25, 0.3) is 15.9 Å². The van der Waals surface area contributed by atoms with Gasteiger partial charge in [0.1, 0.15) is 11.9 Å². The lowest BCUT2D eigenvalue weighted by atomic mass is 10.0. The number of nitrogens with one attached hydrogen (secondary N) is 1. The molecular weight excluding hydrogens is 475 g/mol. The smallest absolute Gasteiger partial charge is 0.369 e. The number of sulfonamides is 1. The molecule has 1 unspecified atom stereocenters. The SMILES string of the molecule is N#Cc1cc(C(O)Nc2ccnc(S(N)(=O)=O)c2)c(N2CCC(F)(F)CC2)nc1C(F)(F)F. The fraction of sp³-hybridized carbons (Fsp3) is 0.389. The Bertz CT molecular complexity index is 1190. The molecule has 3 heterocycles. The average molecular weight is 492 g/mol. The number of piperidine rings is 1. The maximum atomic E-state index is 13.6. The molecule has 1 saturated heterocycles. The van der Waals surface area contributed by atoms with Crippen molar-refractivity contribution in [3.63, 3.8) is 0 Å². The van der Waals surface area contributed by atoms with E-state index in [0.717, 1.165) is 23.2 Å². The van der Waals surface area contributed by atoms with Crippen LogP contribution in [0.25, 0.3) is 0 Å². The van der Waals surface area contributed by atoms with Gasteiger partial charge in [0.15, 0.2) is 16.9 Å². The standard InChI is InChI=1S/C18H17F5N6O3S/c19-17(20)2-5-29(6-3-17)15-12(7-10(9-24)14(28-15)18(21,22)23)16(30)27-11-1-4-26-13(8-11)33(25,31)32/h1,4,7-8,16,30H,2-3,5-6H2,(H,26,27)(H2,25,31,32). The first-order valence-electron chi connectivity index (χ1n) is 9.30. The predicted molar refractivity (Wildman–Crippen MR) is 105 cm³/mol. The van der Waals surface area contributed by atoms with E-state index >= 15 is 0 Å². The van der Waals surface area contributed by atoms with E-state index in [9.17, 15) is 40.7 Å². The van der Waals surface area contributed by atoms with Crippen LogP contribution in [0.4, 0.5) is 33.5 Å². The molecule has 1 aliphatic rings. The van der Waals surface area contributed by atoms with Gasteiger partial charge >= 0.3 is 6.18 Å². The lowest BCUT2D eigenvalue weighted by Crippen LogP contribution is -2.40. The van der Waals surface area contributed by atoms with Crippen LogP contribution in [0.15, 0.2) is 29.4 Å². The van der Waals surface area contributed by atoms with Crippen LogP contribution in [-0.4, -0.2) is 42.5 Å². The van der Waals surface area contributed by atoms with Crippen molar-refractivity contribution in [1.82, 2.24) is 9.97 Å². The number of aliphatic hydroxyl groups is 1. The summed E-state index contributed by atoms with van der Waals surface area (Å²) in [5.74, 6) is -3.42. The Kier molecular flexibility index (Phi) is 6.46. The summed E-state index contributed by atoms with van der Waals surface area (Å²) in [6.07, 6.45) is -7.01. The molecule has 1 aliphatic heterocycles. The largest absolute Gasteiger partial charge is 0.434 e. The van der Waals surface area contributed by atoms with Crippen molar-refractivity contribution in [2.24, 2.45) is 5.14 Å². The van der Waals surface area contributed by atoms with Gasteiger partial charge in [0.05, 0.1) is 5.56 Å². The summed E-state index contributed by atoms with van der Waals surface area (Å²) >= 11 is 0. The number of aliphatic hydroxyl groups excluding tert-OH is 1. The van der Waals surface area contributed by atoms with Crippen LogP contribution in [0.5, 0.6) is 0 Å². The van der Waals surface area contributed by atoms with Crippen LogP contribution in [-0.2, 0) is 16.2 Å². The number of nitrogens with two attached hydrogens (primary N) is 1. The zero-order valence-corrected chi connectivity index (χ0v) is 17.5. The monoisotopic (exact) mass is 492 g/mol. The van der Waals surface area contributed by atoms with Crippen molar-refractivity contribution >= 4 is 21.5 Å². The number of nitrogens with zero attached hydrogens (tertiary/aromatic N) is 4. The highest BCUT2D eigenvalue weighted by Crippen LogP contribution is 2.38. The van der Waals surface area contributed by atoms with Crippen LogP contribution in [0.3, 0.4) is 0 Å². The number of anilines is 2. The molecule has 2 aromatic heterocycles. The van der Waals surface area contributed by atoms with Crippen LogP contribution in [0, 0.1) is 11.3 Å². The predicted octanol–water partition coefficient (Wildman–Crippen LogP) is 2.35. The van der Waals surface area contributed by atoms with Crippen LogP contribution in [0.2, 0.25) is 0 Å². The minimum Gasteiger partial charge on any atom is -0.369 e. The van der Waals surface area contributed by atoms with Crippen LogP contribution < -0.4 is 15.4 Å². The van der Waals surface area contributed by atoms with Gasteiger partial charge in [-0.05, 0) is 12.1 Å². The molecule has 3 rings (SSSR count). The Hall–Kier alpha value is -3.09. The molecule has 4 N–H and O–H groups in total. The highest BCUT2D eigenvalue weighted by molar-refractivity contribution is 7.89. The summed E-state index contributed by atoms with van der Waals surface area (Å²) in [5.41, 5.74) is -2.71. The summed E-state index contributed by atoms with van der Waals surface area (Å²) in [5, 5.41) is 26.8. The molecule has 0 radical (unpaired) electrons. The number of primary sulfonamides is 1. The molecule has 0 aromatic carbocycles. The second-order valence-corrected chi connectivity index (χ2v) is 8.73. The summed E-state index contributed by atoms with van der Waals surface area (Å²) in [6.45, 7) is -0.679. The molecule has 33 heavy (non-hydrogen) atoms. The normalized spacial score (nSPS) is 17.3. The number of hydrogen-bond acceptors (Lipinski definition) is 8. The zero-order valence-electron chi connectivity index (χ0n) is 16.6. The first-order chi connectivity index (χ1) is 15.2. The summed E-state index contributed by atoms with van der Waals surface area (Å²) < 4.78 is 90.4. The lowest BCUT2D eigenvalue weighted by Gasteiger charge is -2.34. The molecule has 0 saturated carbocycles. The van der Waals surface area contributed by atoms with Crippen LogP contribution >= 0.6 is 0 Å². The third kappa shape index (κ3) is 5.64. The fourth-order valence-corrected chi connectivity index (χ4v) is 3.71. The van der Waals surface area contributed by atoms with Gasteiger partial charge in [0.2, 0.25) is 0 Å². The molecule has 0 bridgehead atoms. The zero-order chi connectivity index (χ0) is 24.6. The van der Waals surface area contributed by atoms with E-state index in [1.54, 1.807) is 0 Å². The average Bonchev–Trinajstić information content (AvgIpc) is 2.71. The Balaban J connectivity index is 2.05. The van der Waals surface area contributed by atoms with Gasteiger partial charge < -0.3 is 15.3 Å². The topological polar surface area (TPSA) is 145 Å². The van der Waals surface area contributed by atoms with Crippen molar-refractivity contribution in [2.45, 2.75) is 36.2 Å². The molecule has 0 spiro atoms. The maximum absolute atomic E-state index is 13.6. The molecule has 2 aromatic rings. The maximum Gasteiger partial charge on any atom is 0.434 e. The molecule has 178 valence electrons. The number of pyridine rings is 2. The Labute approximate surface area is 184 Å². The van der Waals surface area contributed by atoms with Gasteiger partial charge in [-0.15, -0.1) is 0 Å². The molecule has 0 amide bonds. The van der Waals surface area contributed by atoms with Gasteiger partial charge in [-0.1, -0.05) is 0 Å². The third-order valence-electron chi connectivity index (χ3n) is 4.84. The minimum atomic E-state index is -5.01. The quantitative estimate of drug-likeness (QED) is 0.426. The van der Waals surface area contributed by atoms with E-state index in [1.807, 2.05) is 0 Å². The number of hydrogen-bond donors (Lipinski definition) is 3. The van der Waals surface area contributed by atoms with Crippen molar-refractivity contribution in [3.8, 4) is 6.07 Å². The first kappa shape index (κ1) is 24.6.